The van der Waals surface area contributed by atoms with Gasteiger partial charge < -0.3 is 9.47 Å². The van der Waals surface area contributed by atoms with Gasteiger partial charge in [-0.2, -0.15) is 0 Å². The molecule has 0 spiro atoms. The summed E-state index contributed by atoms with van der Waals surface area (Å²) in [4.78, 5) is 0. The molecule has 12 heavy (non-hydrogen) atoms. The maximum atomic E-state index is 5.50. The lowest BCUT2D eigenvalue weighted by Crippen LogP contribution is -2.02. The first-order valence-corrected chi connectivity index (χ1v) is 5.69. The van der Waals surface area contributed by atoms with Crippen molar-refractivity contribution >= 4 is 10.2 Å². The first kappa shape index (κ1) is 7.92. The summed E-state index contributed by atoms with van der Waals surface area (Å²) < 4.78 is 11.0. The fourth-order valence-corrected chi connectivity index (χ4v) is 2.42. The standard InChI is InChI=1S/C9H14O2Si/c12-9(7-3-1-5-10-7)8-4-2-6-11-8/h3-4,9H,1-2,5-6H2,12H3. The highest BCUT2D eigenvalue weighted by Gasteiger charge is 2.21. The number of hydrogen-bond donors (Lipinski definition) is 0. The average molecular weight is 182 g/mol. The van der Waals surface area contributed by atoms with E-state index >= 15 is 0 Å². The molecule has 0 radical (unpaired) electrons. The lowest BCUT2D eigenvalue weighted by Gasteiger charge is -2.14. The van der Waals surface area contributed by atoms with Crippen molar-refractivity contribution in [1.82, 2.24) is 0 Å². The van der Waals surface area contributed by atoms with E-state index in [2.05, 4.69) is 12.2 Å². The predicted molar refractivity (Wildman–Crippen MR) is 51.0 cm³/mol. The van der Waals surface area contributed by atoms with Crippen LogP contribution in [0.3, 0.4) is 0 Å². The Balaban J connectivity index is 2.03. The van der Waals surface area contributed by atoms with Gasteiger partial charge in [0.25, 0.3) is 0 Å². The van der Waals surface area contributed by atoms with Gasteiger partial charge in [-0.3, -0.25) is 0 Å². The van der Waals surface area contributed by atoms with E-state index in [0.717, 1.165) is 47.8 Å². The molecule has 0 unspecified atom stereocenters. The summed E-state index contributed by atoms with van der Waals surface area (Å²) in [6.45, 7) is 1.72. The third-order valence-electron chi connectivity index (χ3n) is 2.32. The largest absolute Gasteiger partial charge is 0.498 e. The van der Waals surface area contributed by atoms with Gasteiger partial charge in [0.1, 0.15) is 0 Å². The average Bonchev–Trinajstić information content (AvgIpc) is 2.77. The highest BCUT2D eigenvalue weighted by atomic mass is 28.1. The van der Waals surface area contributed by atoms with E-state index < -0.39 is 0 Å². The van der Waals surface area contributed by atoms with Crippen LogP contribution in [-0.2, 0) is 9.47 Å². The van der Waals surface area contributed by atoms with Gasteiger partial charge >= 0.3 is 0 Å². The second-order valence-corrected chi connectivity index (χ2v) is 4.36. The fourth-order valence-electron chi connectivity index (χ4n) is 1.62. The Labute approximate surface area is 75.7 Å². The van der Waals surface area contributed by atoms with Crippen LogP contribution in [0.2, 0.25) is 5.54 Å². The summed E-state index contributed by atoms with van der Waals surface area (Å²) in [6.07, 6.45) is 6.53. The Bertz CT molecular complexity index is 209. The van der Waals surface area contributed by atoms with Crippen molar-refractivity contribution < 1.29 is 9.47 Å². The van der Waals surface area contributed by atoms with Crippen LogP contribution in [-0.4, -0.2) is 23.5 Å². The van der Waals surface area contributed by atoms with Crippen molar-refractivity contribution in [3.05, 3.63) is 23.7 Å². The quantitative estimate of drug-likeness (QED) is 0.587. The second kappa shape index (κ2) is 3.35. The topological polar surface area (TPSA) is 18.5 Å². The molecule has 2 rings (SSSR count). The Hall–Kier alpha value is -0.703. The summed E-state index contributed by atoms with van der Waals surface area (Å²) in [7, 11) is 1.09. The van der Waals surface area contributed by atoms with E-state index in [9.17, 15) is 0 Å². The number of hydrogen-bond acceptors (Lipinski definition) is 2. The SMILES string of the molecule is [SiH3]C(C1=CCCO1)C1=CCCO1. The summed E-state index contributed by atoms with van der Waals surface area (Å²) >= 11 is 0. The van der Waals surface area contributed by atoms with E-state index in [0.29, 0.717) is 5.54 Å². The zero-order chi connectivity index (χ0) is 8.39. The molecule has 0 aromatic carbocycles. The molecular weight excluding hydrogens is 168 g/mol. The van der Waals surface area contributed by atoms with E-state index in [1.165, 1.54) is 0 Å². The normalized spacial score (nSPS) is 22.1. The van der Waals surface area contributed by atoms with E-state index in [1.54, 1.807) is 0 Å². The molecule has 0 aromatic heterocycles. The first-order chi connectivity index (χ1) is 5.88. The van der Waals surface area contributed by atoms with Crippen molar-refractivity contribution in [2.45, 2.75) is 18.4 Å². The molecule has 2 heterocycles. The van der Waals surface area contributed by atoms with Crippen molar-refractivity contribution in [3.63, 3.8) is 0 Å². The molecule has 3 heteroatoms. The maximum Gasteiger partial charge on any atom is 0.0989 e. The molecule has 66 valence electrons. The second-order valence-electron chi connectivity index (χ2n) is 3.21. The third-order valence-corrected chi connectivity index (χ3v) is 3.46. The molecule has 2 aliphatic heterocycles. The van der Waals surface area contributed by atoms with Crippen LogP contribution < -0.4 is 0 Å². The molecule has 0 saturated carbocycles. The zero-order valence-electron chi connectivity index (χ0n) is 7.38. The minimum atomic E-state index is 0.468. The van der Waals surface area contributed by atoms with Gasteiger partial charge in [0.05, 0.1) is 30.3 Å². The molecule has 2 nitrogen and oxygen atoms in total. The smallest absolute Gasteiger partial charge is 0.0989 e. The first-order valence-electron chi connectivity index (χ1n) is 4.53. The van der Waals surface area contributed by atoms with Gasteiger partial charge in [-0.25, -0.2) is 0 Å². The predicted octanol–water partition coefficient (Wildman–Crippen LogP) is 0.749. The van der Waals surface area contributed by atoms with Crippen LogP contribution in [0.1, 0.15) is 12.8 Å². The molecule has 0 amide bonds. The molecule has 0 aromatic rings. The van der Waals surface area contributed by atoms with Crippen LogP contribution in [0.4, 0.5) is 0 Å². The Kier molecular flexibility index (Phi) is 2.21. The molecule has 0 N–H and O–H groups in total. The van der Waals surface area contributed by atoms with Gasteiger partial charge in [0.15, 0.2) is 0 Å². The Morgan fingerprint density at radius 2 is 1.58 bits per heavy atom. The van der Waals surface area contributed by atoms with Crippen LogP contribution >= 0.6 is 0 Å². The lowest BCUT2D eigenvalue weighted by atomic mass is 10.2. The summed E-state index contributed by atoms with van der Waals surface area (Å²) in [5, 5.41) is 0. The van der Waals surface area contributed by atoms with Crippen LogP contribution in [0.15, 0.2) is 23.7 Å². The van der Waals surface area contributed by atoms with Crippen molar-refractivity contribution in [3.8, 4) is 0 Å². The van der Waals surface area contributed by atoms with E-state index in [1.807, 2.05) is 0 Å². The van der Waals surface area contributed by atoms with E-state index in [-0.39, 0.29) is 0 Å². The Morgan fingerprint density at radius 1 is 1.08 bits per heavy atom. The zero-order valence-corrected chi connectivity index (χ0v) is 9.38. The molecule has 0 bridgehead atoms. The number of ether oxygens (including phenoxy) is 2. The fraction of sp³-hybridized carbons (Fsp3) is 0.556. The van der Waals surface area contributed by atoms with E-state index in [4.69, 9.17) is 9.47 Å². The molecule has 0 fully saturated rings. The van der Waals surface area contributed by atoms with Crippen molar-refractivity contribution in [2.24, 2.45) is 0 Å². The minimum absolute atomic E-state index is 0.468. The minimum Gasteiger partial charge on any atom is -0.498 e. The number of rotatable bonds is 2. The molecular formula is C9H14O2Si. The van der Waals surface area contributed by atoms with Crippen molar-refractivity contribution in [2.75, 3.05) is 13.2 Å². The van der Waals surface area contributed by atoms with Gasteiger partial charge in [0.2, 0.25) is 0 Å². The summed E-state index contributed by atoms with van der Waals surface area (Å²) in [5.74, 6) is 2.30. The lowest BCUT2D eigenvalue weighted by molar-refractivity contribution is 0.202. The monoisotopic (exact) mass is 182 g/mol. The van der Waals surface area contributed by atoms with Gasteiger partial charge in [-0.15, -0.1) is 0 Å². The highest BCUT2D eigenvalue weighted by Crippen LogP contribution is 2.31. The third kappa shape index (κ3) is 1.41. The highest BCUT2D eigenvalue weighted by molar-refractivity contribution is 6.15. The summed E-state index contributed by atoms with van der Waals surface area (Å²) in [6, 6.07) is 0. The van der Waals surface area contributed by atoms with Gasteiger partial charge in [-0.1, -0.05) is 0 Å². The van der Waals surface area contributed by atoms with Crippen LogP contribution in [0.25, 0.3) is 0 Å². The Morgan fingerprint density at radius 3 is 1.92 bits per heavy atom. The van der Waals surface area contributed by atoms with Crippen molar-refractivity contribution in [1.29, 1.82) is 0 Å². The molecule has 0 atom stereocenters. The van der Waals surface area contributed by atoms with Crippen LogP contribution in [0.5, 0.6) is 0 Å². The summed E-state index contributed by atoms with van der Waals surface area (Å²) in [5.41, 5.74) is 0.468. The molecule has 0 aliphatic carbocycles. The van der Waals surface area contributed by atoms with Gasteiger partial charge in [-0.05, 0) is 12.2 Å². The maximum absolute atomic E-state index is 5.50. The molecule has 2 aliphatic rings. The molecule has 0 saturated heterocycles. The van der Waals surface area contributed by atoms with Crippen LogP contribution in [0, 0.1) is 0 Å². The van der Waals surface area contributed by atoms with Gasteiger partial charge in [0, 0.05) is 23.1 Å².